The summed E-state index contributed by atoms with van der Waals surface area (Å²) < 4.78 is 10.2. The molecule has 1 unspecified atom stereocenters. The van der Waals surface area contributed by atoms with Crippen LogP contribution in [-0.4, -0.2) is 49.6 Å². The molecule has 1 aromatic carbocycles. The number of nitrogens with zero attached hydrogens (tertiary/aromatic N) is 1. The number of ether oxygens (including phenoxy) is 2. The van der Waals surface area contributed by atoms with E-state index in [1.807, 2.05) is 0 Å². The van der Waals surface area contributed by atoms with Crippen molar-refractivity contribution in [1.29, 1.82) is 0 Å². The zero-order chi connectivity index (χ0) is 16.3. The Morgan fingerprint density at radius 3 is 2.68 bits per heavy atom. The fourth-order valence-electron chi connectivity index (χ4n) is 2.85. The van der Waals surface area contributed by atoms with Gasteiger partial charge in [0.05, 0.1) is 18.7 Å². The predicted molar refractivity (Wildman–Crippen MR) is 82.1 cm³/mol. The molecular formula is C15H19ClN2O4. The lowest BCUT2D eigenvalue weighted by Gasteiger charge is -2.35. The van der Waals surface area contributed by atoms with Crippen molar-refractivity contribution in [2.75, 3.05) is 27.4 Å². The van der Waals surface area contributed by atoms with Gasteiger partial charge in [0.2, 0.25) is 5.91 Å². The summed E-state index contributed by atoms with van der Waals surface area (Å²) in [5, 5.41) is 0.337. The number of nitrogens with two attached hydrogens (primary N) is 1. The van der Waals surface area contributed by atoms with Crippen molar-refractivity contribution in [1.82, 2.24) is 4.90 Å². The van der Waals surface area contributed by atoms with Gasteiger partial charge in [-0.2, -0.15) is 0 Å². The molecule has 0 saturated carbocycles. The van der Waals surface area contributed by atoms with Crippen LogP contribution in [-0.2, 0) is 9.53 Å². The molecule has 22 heavy (non-hydrogen) atoms. The summed E-state index contributed by atoms with van der Waals surface area (Å²) in [5.41, 5.74) is 4.83. The average molecular weight is 327 g/mol. The topological polar surface area (TPSA) is 81.9 Å². The second kappa shape index (κ2) is 6.54. The molecule has 1 aromatic rings. The molecule has 0 aromatic heterocycles. The second-order valence-corrected chi connectivity index (χ2v) is 5.65. The lowest BCUT2D eigenvalue weighted by molar-refractivity contribution is -0.130. The Labute approximate surface area is 134 Å². The number of hydrogen-bond donors (Lipinski definition) is 1. The van der Waals surface area contributed by atoms with E-state index >= 15 is 0 Å². The highest BCUT2D eigenvalue weighted by atomic mass is 35.5. The van der Waals surface area contributed by atoms with Crippen LogP contribution in [0.3, 0.4) is 0 Å². The molecule has 2 N–H and O–H groups in total. The number of carbonyl (C=O) groups excluding carboxylic acids is 2. The monoisotopic (exact) mass is 326 g/mol. The summed E-state index contributed by atoms with van der Waals surface area (Å²) in [7, 11) is 2.98. The van der Waals surface area contributed by atoms with Gasteiger partial charge in [0.15, 0.2) is 0 Å². The van der Waals surface area contributed by atoms with Crippen molar-refractivity contribution in [3.63, 3.8) is 0 Å². The van der Waals surface area contributed by atoms with E-state index in [4.69, 9.17) is 26.8 Å². The van der Waals surface area contributed by atoms with Gasteiger partial charge in [-0.05, 0) is 31.0 Å². The smallest absolute Gasteiger partial charge is 0.254 e. The van der Waals surface area contributed by atoms with Gasteiger partial charge < -0.3 is 20.1 Å². The molecule has 0 spiro atoms. The van der Waals surface area contributed by atoms with Gasteiger partial charge in [0.25, 0.3) is 5.91 Å². The first-order valence-corrected chi connectivity index (χ1v) is 7.28. The van der Waals surface area contributed by atoms with Gasteiger partial charge in [-0.25, -0.2) is 0 Å². The van der Waals surface area contributed by atoms with Gasteiger partial charge in [-0.1, -0.05) is 11.6 Å². The Balaban J connectivity index is 2.35. The molecule has 1 atom stereocenters. The first-order chi connectivity index (χ1) is 10.5. The molecule has 2 amide bonds. The minimum Gasteiger partial charge on any atom is -0.495 e. The molecule has 0 radical (unpaired) electrons. The van der Waals surface area contributed by atoms with Crippen LogP contribution in [0.25, 0.3) is 0 Å². The highest BCUT2D eigenvalue weighted by molar-refractivity contribution is 6.32. The minimum atomic E-state index is -1.10. The van der Waals surface area contributed by atoms with E-state index in [1.165, 1.54) is 25.2 Å². The van der Waals surface area contributed by atoms with Crippen molar-refractivity contribution >= 4 is 23.4 Å². The van der Waals surface area contributed by atoms with Crippen LogP contribution in [0, 0.1) is 0 Å². The van der Waals surface area contributed by atoms with E-state index in [0.29, 0.717) is 35.7 Å². The van der Waals surface area contributed by atoms with Crippen LogP contribution in [0.5, 0.6) is 5.75 Å². The average Bonchev–Trinajstić information content (AvgIpc) is 2.92. The van der Waals surface area contributed by atoms with Gasteiger partial charge in [-0.15, -0.1) is 0 Å². The van der Waals surface area contributed by atoms with Crippen LogP contribution in [0.15, 0.2) is 18.2 Å². The van der Waals surface area contributed by atoms with Crippen LogP contribution in [0.2, 0.25) is 5.02 Å². The van der Waals surface area contributed by atoms with E-state index in [2.05, 4.69) is 0 Å². The third kappa shape index (κ3) is 2.76. The third-order valence-corrected chi connectivity index (χ3v) is 4.27. The quantitative estimate of drug-likeness (QED) is 0.888. The van der Waals surface area contributed by atoms with Gasteiger partial charge in [0.1, 0.15) is 11.3 Å². The number of methoxy groups -OCH3 is 2. The Kier molecular flexibility index (Phi) is 4.93. The Morgan fingerprint density at radius 1 is 1.41 bits per heavy atom. The first kappa shape index (κ1) is 16.6. The normalized spacial score (nSPS) is 21.0. The van der Waals surface area contributed by atoms with Gasteiger partial charge in [0, 0.05) is 19.2 Å². The molecule has 120 valence electrons. The zero-order valence-electron chi connectivity index (χ0n) is 12.6. The largest absolute Gasteiger partial charge is 0.495 e. The minimum absolute atomic E-state index is 0.0813. The van der Waals surface area contributed by atoms with Crippen molar-refractivity contribution in [2.45, 2.75) is 18.4 Å². The summed E-state index contributed by atoms with van der Waals surface area (Å²) in [5.74, 6) is -0.365. The van der Waals surface area contributed by atoms with Crippen LogP contribution >= 0.6 is 11.6 Å². The zero-order valence-corrected chi connectivity index (χ0v) is 13.4. The highest BCUT2D eigenvalue weighted by Gasteiger charge is 2.48. The van der Waals surface area contributed by atoms with Crippen LogP contribution < -0.4 is 10.5 Å². The maximum Gasteiger partial charge on any atom is 0.254 e. The van der Waals surface area contributed by atoms with Crippen molar-refractivity contribution in [2.24, 2.45) is 5.73 Å². The lowest BCUT2D eigenvalue weighted by Crippen LogP contribution is -2.58. The molecule has 2 rings (SSSR count). The molecule has 0 bridgehead atoms. The molecule has 1 fully saturated rings. The van der Waals surface area contributed by atoms with E-state index in [9.17, 15) is 9.59 Å². The molecule has 1 aliphatic heterocycles. The third-order valence-electron chi connectivity index (χ3n) is 3.97. The van der Waals surface area contributed by atoms with Crippen molar-refractivity contribution in [3.8, 4) is 5.75 Å². The van der Waals surface area contributed by atoms with Crippen LogP contribution in [0.4, 0.5) is 0 Å². The number of benzene rings is 1. The number of likely N-dealkylation sites (tertiary alicyclic amines) is 1. The van der Waals surface area contributed by atoms with E-state index in [-0.39, 0.29) is 12.5 Å². The van der Waals surface area contributed by atoms with Gasteiger partial charge >= 0.3 is 0 Å². The molecule has 1 saturated heterocycles. The van der Waals surface area contributed by atoms with E-state index in [1.54, 1.807) is 12.1 Å². The summed E-state index contributed by atoms with van der Waals surface area (Å²) in [6, 6.07) is 4.76. The SMILES string of the molecule is COCC1(C(N)=O)CCCN1C(=O)c1ccc(OC)c(Cl)c1. The Hall–Kier alpha value is -1.79. The van der Waals surface area contributed by atoms with Crippen molar-refractivity contribution in [3.05, 3.63) is 28.8 Å². The lowest BCUT2D eigenvalue weighted by atomic mass is 9.95. The van der Waals surface area contributed by atoms with E-state index in [0.717, 1.165) is 0 Å². The molecule has 0 aliphatic carbocycles. The molecule has 1 aliphatic rings. The van der Waals surface area contributed by atoms with Crippen LogP contribution in [0.1, 0.15) is 23.2 Å². The summed E-state index contributed by atoms with van der Waals surface area (Å²) in [6.45, 7) is 0.534. The molecular weight excluding hydrogens is 308 g/mol. The number of halogens is 1. The van der Waals surface area contributed by atoms with Gasteiger partial charge in [-0.3, -0.25) is 9.59 Å². The molecule has 7 heteroatoms. The van der Waals surface area contributed by atoms with Crippen molar-refractivity contribution < 1.29 is 19.1 Å². The number of primary amides is 1. The maximum absolute atomic E-state index is 12.8. The van der Waals surface area contributed by atoms with E-state index < -0.39 is 11.4 Å². The predicted octanol–water partition coefficient (Wildman–Crippen LogP) is 1.46. The molecule has 1 heterocycles. The maximum atomic E-state index is 12.8. The number of rotatable bonds is 5. The number of amides is 2. The fourth-order valence-corrected chi connectivity index (χ4v) is 3.10. The Bertz CT molecular complexity index is 593. The highest BCUT2D eigenvalue weighted by Crippen LogP contribution is 2.32. The fraction of sp³-hybridized carbons (Fsp3) is 0.467. The second-order valence-electron chi connectivity index (χ2n) is 5.24. The number of carbonyl (C=O) groups is 2. The number of hydrogen-bond acceptors (Lipinski definition) is 4. The standard InChI is InChI=1S/C15H19ClN2O4/c1-21-9-15(14(17)20)6-3-7-18(15)13(19)10-4-5-12(22-2)11(16)8-10/h4-5,8H,3,6-7,9H2,1-2H3,(H2,17,20). The summed E-state index contributed by atoms with van der Waals surface area (Å²) >= 11 is 6.06. The summed E-state index contributed by atoms with van der Waals surface area (Å²) in [4.78, 5) is 26.2. The first-order valence-electron chi connectivity index (χ1n) is 6.90. The molecule has 6 nitrogen and oxygen atoms in total. The Morgan fingerprint density at radius 2 is 2.14 bits per heavy atom. The summed E-state index contributed by atoms with van der Waals surface area (Å²) in [6.07, 6.45) is 1.19.